The number of ether oxygens (including phenoxy) is 1. The monoisotopic (exact) mass is 380 g/mol. The molecule has 0 aliphatic heterocycles. The smallest absolute Gasteiger partial charge is 0.346 e. The number of H-pyrrole nitrogens is 1. The molecule has 3 rings (SSSR count). The van der Waals surface area contributed by atoms with Gasteiger partial charge in [-0.3, -0.25) is 4.79 Å². The van der Waals surface area contributed by atoms with Crippen LogP contribution in [0.25, 0.3) is 11.3 Å². The lowest BCUT2D eigenvalue weighted by Gasteiger charge is -2.04. The number of carbonyl (C=O) groups is 1. The van der Waals surface area contributed by atoms with Gasteiger partial charge in [-0.1, -0.05) is 12.1 Å². The van der Waals surface area contributed by atoms with E-state index in [1.165, 1.54) is 36.5 Å². The molecule has 28 heavy (non-hydrogen) atoms. The van der Waals surface area contributed by atoms with Gasteiger partial charge in [0.1, 0.15) is 17.3 Å². The number of halogens is 1. The van der Waals surface area contributed by atoms with E-state index in [9.17, 15) is 14.0 Å². The third-order valence-corrected chi connectivity index (χ3v) is 3.68. The Morgan fingerprint density at radius 3 is 2.79 bits per heavy atom. The van der Waals surface area contributed by atoms with Gasteiger partial charge in [-0.05, 0) is 55.0 Å². The van der Waals surface area contributed by atoms with Crippen molar-refractivity contribution in [2.45, 2.75) is 6.92 Å². The number of hydrazone groups is 1. The predicted octanol–water partition coefficient (Wildman–Crippen LogP) is 2.74. The Balaban J connectivity index is 1.75. The van der Waals surface area contributed by atoms with Crippen molar-refractivity contribution in [3.05, 3.63) is 82.2 Å². The second-order valence-corrected chi connectivity index (χ2v) is 5.70. The van der Waals surface area contributed by atoms with E-state index < -0.39 is 17.4 Å². The SMILES string of the molecule is CCOc1cccc(/C=N/NC(=O)c2cc(-c3ccc(F)cc3)nc(=O)[nH]2)c1. The highest BCUT2D eigenvalue weighted by atomic mass is 19.1. The summed E-state index contributed by atoms with van der Waals surface area (Å²) in [6, 6.07) is 14.1. The molecule has 7 nitrogen and oxygen atoms in total. The maximum absolute atomic E-state index is 13.1. The Bertz CT molecular complexity index is 1060. The summed E-state index contributed by atoms with van der Waals surface area (Å²) in [6.45, 7) is 2.43. The van der Waals surface area contributed by atoms with Gasteiger partial charge in [-0.2, -0.15) is 10.1 Å². The number of amides is 1. The molecular weight excluding hydrogens is 363 g/mol. The molecular formula is C20H17FN4O3. The molecule has 3 aromatic rings. The van der Waals surface area contributed by atoms with Crippen molar-refractivity contribution >= 4 is 12.1 Å². The lowest BCUT2D eigenvalue weighted by Crippen LogP contribution is -2.24. The highest BCUT2D eigenvalue weighted by Gasteiger charge is 2.10. The maximum atomic E-state index is 13.1. The second-order valence-electron chi connectivity index (χ2n) is 5.70. The molecule has 2 aromatic carbocycles. The third-order valence-electron chi connectivity index (χ3n) is 3.68. The molecule has 8 heteroatoms. The van der Waals surface area contributed by atoms with Crippen LogP contribution in [0.5, 0.6) is 5.75 Å². The first-order valence-electron chi connectivity index (χ1n) is 8.48. The molecule has 0 aliphatic rings. The Hall–Kier alpha value is -3.81. The Morgan fingerprint density at radius 2 is 2.04 bits per heavy atom. The first-order chi connectivity index (χ1) is 13.5. The summed E-state index contributed by atoms with van der Waals surface area (Å²) in [5, 5.41) is 3.89. The molecule has 0 saturated carbocycles. The Kier molecular flexibility index (Phi) is 5.91. The van der Waals surface area contributed by atoms with Gasteiger partial charge in [-0.15, -0.1) is 0 Å². The van der Waals surface area contributed by atoms with E-state index in [-0.39, 0.29) is 11.4 Å². The molecule has 0 spiro atoms. The minimum Gasteiger partial charge on any atom is -0.494 e. The van der Waals surface area contributed by atoms with Crippen LogP contribution in [0.15, 0.2) is 64.5 Å². The summed E-state index contributed by atoms with van der Waals surface area (Å²) in [4.78, 5) is 30.2. The van der Waals surface area contributed by atoms with Crippen LogP contribution in [0.3, 0.4) is 0 Å². The largest absolute Gasteiger partial charge is 0.494 e. The van der Waals surface area contributed by atoms with E-state index >= 15 is 0 Å². The van der Waals surface area contributed by atoms with Gasteiger partial charge in [0.25, 0.3) is 5.91 Å². The van der Waals surface area contributed by atoms with Crippen molar-refractivity contribution in [2.75, 3.05) is 6.61 Å². The Morgan fingerprint density at radius 1 is 1.25 bits per heavy atom. The van der Waals surface area contributed by atoms with Crippen LogP contribution in [0, 0.1) is 5.82 Å². The first kappa shape index (κ1) is 19.0. The zero-order valence-electron chi connectivity index (χ0n) is 15.0. The number of hydrogen-bond donors (Lipinski definition) is 2. The van der Waals surface area contributed by atoms with Crippen LogP contribution in [0.2, 0.25) is 0 Å². The fraction of sp³-hybridized carbons (Fsp3) is 0.100. The van der Waals surface area contributed by atoms with Gasteiger partial charge < -0.3 is 9.72 Å². The summed E-state index contributed by atoms with van der Waals surface area (Å²) in [7, 11) is 0. The fourth-order valence-corrected chi connectivity index (χ4v) is 2.43. The van der Waals surface area contributed by atoms with E-state index in [1.54, 1.807) is 12.1 Å². The fourth-order valence-electron chi connectivity index (χ4n) is 2.43. The highest BCUT2D eigenvalue weighted by Crippen LogP contribution is 2.16. The van der Waals surface area contributed by atoms with E-state index in [0.29, 0.717) is 17.9 Å². The van der Waals surface area contributed by atoms with E-state index in [1.807, 2.05) is 19.1 Å². The van der Waals surface area contributed by atoms with E-state index in [4.69, 9.17) is 4.74 Å². The van der Waals surface area contributed by atoms with E-state index in [0.717, 1.165) is 5.56 Å². The minimum atomic E-state index is -0.694. The molecule has 0 unspecified atom stereocenters. The minimum absolute atomic E-state index is 0.0143. The molecule has 0 atom stereocenters. The number of aromatic nitrogens is 2. The Labute approximate surface area is 159 Å². The molecule has 1 amide bonds. The number of carbonyl (C=O) groups excluding carboxylic acids is 1. The predicted molar refractivity (Wildman–Crippen MR) is 103 cm³/mol. The zero-order chi connectivity index (χ0) is 19.9. The van der Waals surface area contributed by atoms with Crippen LogP contribution in [-0.2, 0) is 0 Å². The molecule has 2 N–H and O–H groups in total. The molecule has 0 aliphatic carbocycles. The van der Waals surface area contributed by atoms with Crippen LogP contribution < -0.4 is 15.9 Å². The average molecular weight is 380 g/mol. The van der Waals surface area contributed by atoms with Crippen LogP contribution in [0.4, 0.5) is 4.39 Å². The van der Waals surface area contributed by atoms with Gasteiger partial charge in [0.15, 0.2) is 0 Å². The summed E-state index contributed by atoms with van der Waals surface area (Å²) in [5.41, 5.74) is 3.14. The zero-order valence-corrected chi connectivity index (χ0v) is 15.0. The lowest BCUT2D eigenvalue weighted by molar-refractivity contribution is 0.0949. The number of aromatic amines is 1. The van der Waals surface area contributed by atoms with Gasteiger partial charge in [-0.25, -0.2) is 14.6 Å². The number of nitrogens with one attached hydrogen (secondary N) is 2. The summed E-state index contributed by atoms with van der Waals surface area (Å²) in [5.74, 6) is -0.324. The maximum Gasteiger partial charge on any atom is 0.346 e. The number of hydrogen-bond acceptors (Lipinski definition) is 5. The third kappa shape index (κ3) is 4.88. The molecule has 1 aromatic heterocycles. The number of rotatable bonds is 6. The van der Waals surface area contributed by atoms with Gasteiger partial charge in [0.05, 0.1) is 18.5 Å². The number of nitrogens with zero attached hydrogens (tertiary/aromatic N) is 2. The molecule has 0 radical (unpaired) electrons. The highest BCUT2D eigenvalue weighted by molar-refractivity contribution is 5.93. The molecule has 0 bridgehead atoms. The van der Waals surface area contributed by atoms with E-state index in [2.05, 4.69) is 20.5 Å². The van der Waals surface area contributed by atoms with Crippen molar-refractivity contribution in [1.82, 2.24) is 15.4 Å². The summed E-state index contributed by atoms with van der Waals surface area (Å²) >= 11 is 0. The van der Waals surface area contributed by atoms with Crippen LogP contribution in [-0.4, -0.2) is 28.7 Å². The first-order valence-corrected chi connectivity index (χ1v) is 8.48. The lowest BCUT2D eigenvalue weighted by atomic mass is 10.1. The van der Waals surface area contributed by atoms with Gasteiger partial charge >= 0.3 is 5.69 Å². The van der Waals surface area contributed by atoms with Crippen molar-refractivity contribution in [3.63, 3.8) is 0 Å². The van der Waals surface area contributed by atoms with Crippen molar-refractivity contribution in [3.8, 4) is 17.0 Å². The van der Waals surface area contributed by atoms with Crippen LogP contribution >= 0.6 is 0 Å². The average Bonchev–Trinajstić information content (AvgIpc) is 2.68. The van der Waals surface area contributed by atoms with Gasteiger partial charge in [0.2, 0.25) is 0 Å². The molecule has 142 valence electrons. The van der Waals surface area contributed by atoms with Crippen molar-refractivity contribution in [1.29, 1.82) is 0 Å². The molecule has 1 heterocycles. The number of benzene rings is 2. The topological polar surface area (TPSA) is 96.4 Å². The molecule has 0 saturated heterocycles. The van der Waals surface area contributed by atoms with Crippen molar-refractivity contribution < 1.29 is 13.9 Å². The van der Waals surface area contributed by atoms with Crippen molar-refractivity contribution in [2.24, 2.45) is 5.10 Å². The normalized spacial score (nSPS) is 10.8. The quantitative estimate of drug-likeness (QED) is 0.508. The van der Waals surface area contributed by atoms with Crippen LogP contribution in [0.1, 0.15) is 23.0 Å². The summed E-state index contributed by atoms with van der Waals surface area (Å²) < 4.78 is 18.5. The summed E-state index contributed by atoms with van der Waals surface area (Å²) in [6.07, 6.45) is 1.46. The standard InChI is InChI=1S/C20H17FN4O3/c1-2-28-16-5-3-4-13(10-16)12-22-25-19(26)18-11-17(23-20(27)24-18)14-6-8-15(21)9-7-14/h3-12H,2H2,1H3,(H,25,26)(H,23,24,27)/b22-12+. The molecule has 0 fully saturated rings. The second kappa shape index (κ2) is 8.72. The van der Waals surface area contributed by atoms with Gasteiger partial charge in [0, 0.05) is 5.56 Å².